The van der Waals surface area contributed by atoms with Crippen molar-refractivity contribution in [2.24, 2.45) is 4.99 Å². The highest BCUT2D eigenvalue weighted by Crippen LogP contribution is 2.12. The van der Waals surface area contributed by atoms with Gasteiger partial charge in [0.1, 0.15) is 10.8 Å². The van der Waals surface area contributed by atoms with Crippen LogP contribution in [0.4, 0.5) is 0 Å². The molecular weight excluding hydrogens is 260 g/mol. The van der Waals surface area contributed by atoms with Crippen LogP contribution in [0.25, 0.3) is 0 Å². The van der Waals surface area contributed by atoms with Crippen molar-refractivity contribution in [2.75, 3.05) is 7.05 Å². The normalized spacial score (nSPS) is 11.6. The summed E-state index contributed by atoms with van der Waals surface area (Å²) in [4.78, 5) is 9.82. The summed E-state index contributed by atoms with van der Waals surface area (Å²) in [6.45, 7) is 3.43. The molecule has 0 spiro atoms. The molecule has 19 heavy (non-hydrogen) atoms. The lowest BCUT2D eigenvalue weighted by atomic mass is 10.4. The van der Waals surface area contributed by atoms with E-state index in [2.05, 4.69) is 27.5 Å². The van der Waals surface area contributed by atoms with E-state index in [1.165, 1.54) is 4.88 Å². The SMILES string of the molecule is CCc1cnc(CNC(=NC)NCc2ccco2)s1. The smallest absolute Gasteiger partial charge is 0.191 e. The molecule has 0 radical (unpaired) electrons. The number of nitrogens with zero attached hydrogens (tertiary/aromatic N) is 2. The van der Waals surface area contributed by atoms with Gasteiger partial charge in [0.25, 0.3) is 0 Å². The van der Waals surface area contributed by atoms with Crippen LogP contribution < -0.4 is 10.6 Å². The molecule has 0 atom stereocenters. The quantitative estimate of drug-likeness (QED) is 0.650. The van der Waals surface area contributed by atoms with Crippen LogP contribution >= 0.6 is 11.3 Å². The van der Waals surface area contributed by atoms with Gasteiger partial charge in [0, 0.05) is 18.1 Å². The zero-order valence-corrected chi connectivity index (χ0v) is 12.0. The number of aryl methyl sites for hydroxylation is 1. The molecule has 0 unspecified atom stereocenters. The second-order valence-electron chi connectivity index (χ2n) is 3.93. The molecule has 0 saturated heterocycles. The molecule has 0 amide bonds. The van der Waals surface area contributed by atoms with Gasteiger partial charge in [-0.2, -0.15) is 0 Å². The van der Waals surface area contributed by atoms with E-state index in [1.807, 2.05) is 18.3 Å². The number of thiazole rings is 1. The minimum Gasteiger partial charge on any atom is -0.467 e. The van der Waals surface area contributed by atoms with Crippen LogP contribution in [-0.4, -0.2) is 18.0 Å². The minimum atomic E-state index is 0.616. The maximum Gasteiger partial charge on any atom is 0.191 e. The van der Waals surface area contributed by atoms with E-state index in [0.29, 0.717) is 13.1 Å². The molecule has 2 heterocycles. The van der Waals surface area contributed by atoms with Gasteiger partial charge in [0.05, 0.1) is 19.4 Å². The molecule has 6 heteroatoms. The molecule has 102 valence electrons. The summed E-state index contributed by atoms with van der Waals surface area (Å²) in [5.41, 5.74) is 0. The number of aliphatic imine (C=N–C) groups is 1. The Morgan fingerprint density at radius 1 is 1.42 bits per heavy atom. The fourth-order valence-corrected chi connectivity index (χ4v) is 2.36. The van der Waals surface area contributed by atoms with Gasteiger partial charge in [-0.15, -0.1) is 11.3 Å². The van der Waals surface area contributed by atoms with E-state index in [-0.39, 0.29) is 0 Å². The number of furan rings is 1. The van der Waals surface area contributed by atoms with Crippen molar-refractivity contribution in [3.63, 3.8) is 0 Å². The van der Waals surface area contributed by atoms with Crippen molar-refractivity contribution in [3.05, 3.63) is 40.2 Å². The maximum absolute atomic E-state index is 5.25. The molecular formula is C13H18N4OS. The molecule has 5 nitrogen and oxygen atoms in total. The Morgan fingerprint density at radius 3 is 2.89 bits per heavy atom. The highest BCUT2D eigenvalue weighted by molar-refractivity contribution is 7.11. The largest absolute Gasteiger partial charge is 0.467 e. The van der Waals surface area contributed by atoms with Gasteiger partial charge < -0.3 is 15.1 Å². The predicted molar refractivity (Wildman–Crippen MR) is 77.2 cm³/mol. The Morgan fingerprint density at radius 2 is 2.26 bits per heavy atom. The second-order valence-corrected chi connectivity index (χ2v) is 5.13. The maximum atomic E-state index is 5.25. The topological polar surface area (TPSA) is 62.5 Å². The zero-order valence-electron chi connectivity index (χ0n) is 11.1. The Balaban J connectivity index is 1.79. The standard InChI is InChI=1S/C13H18N4OS/c1-3-11-8-15-12(19-11)9-17-13(14-2)16-7-10-5-4-6-18-10/h4-6,8H,3,7,9H2,1-2H3,(H2,14,16,17). The number of guanidine groups is 1. The molecule has 2 rings (SSSR count). The van der Waals surface area contributed by atoms with Crippen LogP contribution in [0.15, 0.2) is 34.0 Å². The Kier molecular flexibility index (Phi) is 4.97. The lowest BCUT2D eigenvalue weighted by Gasteiger charge is -2.09. The molecule has 0 aliphatic heterocycles. The molecule has 0 aliphatic carbocycles. The number of nitrogens with one attached hydrogen (secondary N) is 2. The minimum absolute atomic E-state index is 0.616. The molecule has 0 saturated carbocycles. The zero-order chi connectivity index (χ0) is 13.5. The first-order chi connectivity index (χ1) is 9.31. The summed E-state index contributed by atoms with van der Waals surface area (Å²) in [6, 6.07) is 3.80. The van der Waals surface area contributed by atoms with Crippen molar-refractivity contribution < 1.29 is 4.42 Å². The first kappa shape index (κ1) is 13.6. The molecule has 2 N–H and O–H groups in total. The van der Waals surface area contributed by atoms with Crippen LogP contribution in [0, 0.1) is 0 Å². The van der Waals surface area contributed by atoms with Gasteiger partial charge in [-0.1, -0.05) is 6.92 Å². The molecule has 0 aromatic carbocycles. The monoisotopic (exact) mass is 278 g/mol. The van der Waals surface area contributed by atoms with Crippen molar-refractivity contribution in [1.82, 2.24) is 15.6 Å². The summed E-state index contributed by atoms with van der Waals surface area (Å²) in [5, 5.41) is 7.48. The fourth-order valence-electron chi connectivity index (χ4n) is 1.56. The van der Waals surface area contributed by atoms with Crippen LogP contribution in [0.2, 0.25) is 0 Å². The number of rotatable bonds is 5. The molecule has 2 aromatic rings. The summed E-state index contributed by atoms with van der Waals surface area (Å²) in [6.07, 6.45) is 4.62. The van der Waals surface area contributed by atoms with Crippen molar-refractivity contribution in [2.45, 2.75) is 26.4 Å². The van der Waals surface area contributed by atoms with Gasteiger partial charge in [-0.3, -0.25) is 4.99 Å². The van der Waals surface area contributed by atoms with Crippen LogP contribution in [-0.2, 0) is 19.5 Å². The third-order valence-electron chi connectivity index (χ3n) is 2.59. The van der Waals surface area contributed by atoms with Gasteiger partial charge in [-0.05, 0) is 18.6 Å². The second kappa shape index (κ2) is 6.94. The average Bonchev–Trinajstić information content (AvgIpc) is 3.10. The van der Waals surface area contributed by atoms with Gasteiger partial charge >= 0.3 is 0 Å². The third-order valence-corrected chi connectivity index (χ3v) is 3.73. The van der Waals surface area contributed by atoms with Crippen molar-refractivity contribution >= 4 is 17.3 Å². The first-order valence-corrected chi connectivity index (χ1v) is 7.04. The van der Waals surface area contributed by atoms with E-state index >= 15 is 0 Å². The highest BCUT2D eigenvalue weighted by Gasteiger charge is 2.03. The Labute approximate surface area is 116 Å². The summed E-state index contributed by atoms with van der Waals surface area (Å²) in [5.74, 6) is 1.62. The molecule has 0 fully saturated rings. The number of aromatic nitrogens is 1. The van der Waals surface area contributed by atoms with E-state index in [4.69, 9.17) is 4.42 Å². The number of hydrogen-bond acceptors (Lipinski definition) is 4. The van der Waals surface area contributed by atoms with Crippen LogP contribution in [0.3, 0.4) is 0 Å². The van der Waals surface area contributed by atoms with Gasteiger partial charge in [0.15, 0.2) is 5.96 Å². The van der Waals surface area contributed by atoms with Crippen molar-refractivity contribution in [3.8, 4) is 0 Å². The highest BCUT2D eigenvalue weighted by atomic mass is 32.1. The van der Waals surface area contributed by atoms with Gasteiger partial charge in [0.2, 0.25) is 0 Å². The third kappa shape index (κ3) is 4.10. The van der Waals surface area contributed by atoms with Crippen LogP contribution in [0.1, 0.15) is 22.6 Å². The average molecular weight is 278 g/mol. The van der Waals surface area contributed by atoms with E-state index in [1.54, 1.807) is 24.6 Å². The lowest BCUT2D eigenvalue weighted by Crippen LogP contribution is -2.36. The molecule has 2 aromatic heterocycles. The number of hydrogen-bond donors (Lipinski definition) is 2. The van der Waals surface area contributed by atoms with E-state index < -0.39 is 0 Å². The molecule has 0 bridgehead atoms. The van der Waals surface area contributed by atoms with Crippen LogP contribution in [0.5, 0.6) is 0 Å². The van der Waals surface area contributed by atoms with Gasteiger partial charge in [-0.25, -0.2) is 4.98 Å². The Hall–Kier alpha value is -1.82. The summed E-state index contributed by atoms with van der Waals surface area (Å²) >= 11 is 1.73. The predicted octanol–water partition coefficient (Wildman–Crippen LogP) is 2.16. The van der Waals surface area contributed by atoms with Crippen molar-refractivity contribution in [1.29, 1.82) is 0 Å². The first-order valence-electron chi connectivity index (χ1n) is 6.22. The van der Waals surface area contributed by atoms with E-state index in [0.717, 1.165) is 23.1 Å². The lowest BCUT2D eigenvalue weighted by molar-refractivity contribution is 0.501. The summed E-state index contributed by atoms with van der Waals surface area (Å²) < 4.78 is 5.25. The fraction of sp³-hybridized carbons (Fsp3) is 0.385. The molecule has 0 aliphatic rings. The van der Waals surface area contributed by atoms with E-state index in [9.17, 15) is 0 Å². The Bertz CT molecular complexity index is 518. The summed E-state index contributed by atoms with van der Waals surface area (Å²) in [7, 11) is 1.75.